The van der Waals surface area contributed by atoms with E-state index in [1.807, 2.05) is 0 Å². The van der Waals surface area contributed by atoms with E-state index >= 15 is 0 Å². The number of carbonyl (C=O) groups is 1. The summed E-state index contributed by atoms with van der Waals surface area (Å²) in [6.45, 7) is 5.25. The summed E-state index contributed by atoms with van der Waals surface area (Å²) in [4.78, 5) is 11.6. The van der Waals surface area contributed by atoms with Gasteiger partial charge >= 0.3 is 6.03 Å². The van der Waals surface area contributed by atoms with Crippen molar-refractivity contribution in [3.63, 3.8) is 0 Å². The number of carbonyl (C=O) groups excluding carboxylic acids is 1. The Bertz CT molecular complexity index is 447. The van der Waals surface area contributed by atoms with Crippen molar-refractivity contribution >= 4 is 11.7 Å². The topological polar surface area (TPSA) is 67.1 Å². The number of urea groups is 1. The zero-order valence-electron chi connectivity index (χ0n) is 10.6. The number of anilines is 1. The number of halogens is 2. The van der Waals surface area contributed by atoms with E-state index in [1.165, 1.54) is 0 Å². The molecule has 0 radical (unpaired) electrons. The zero-order chi connectivity index (χ0) is 13.9. The SMILES string of the molecule is CC(N)C(C)(C)NC(=O)Nc1ccc(F)cc1F. The third-order valence-corrected chi connectivity index (χ3v) is 2.75. The first-order valence-corrected chi connectivity index (χ1v) is 5.52. The molecule has 4 nitrogen and oxygen atoms in total. The second-order valence-corrected chi connectivity index (χ2v) is 4.71. The number of nitrogens with two attached hydrogens (primary N) is 1. The van der Waals surface area contributed by atoms with Gasteiger partial charge in [0.15, 0.2) is 0 Å². The molecule has 1 unspecified atom stereocenters. The average Bonchev–Trinajstić information content (AvgIpc) is 2.21. The van der Waals surface area contributed by atoms with Crippen LogP contribution in [0.4, 0.5) is 19.3 Å². The molecule has 0 bridgehead atoms. The van der Waals surface area contributed by atoms with Gasteiger partial charge in [0, 0.05) is 12.1 Å². The second-order valence-electron chi connectivity index (χ2n) is 4.71. The van der Waals surface area contributed by atoms with Crippen LogP contribution in [0.2, 0.25) is 0 Å². The molecule has 1 aromatic rings. The third kappa shape index (κ3) is 3.66. The summed E-state index contributed by atoms with van der Waals surface area (Å²) in [6.07, 6.45) is 0. The molecule has 0 spiro atoms. The van der Waals surface area contributed by atoms with Crippen LogP contribution in [0, 0.1) is 11.6 Å². The Hall–Kier alpha value is -1.69. The van der Waals surface area contributed by atoms with Crippen molar-refractivity contribution in [3.8, 4) is 0 Å². The fraction of sp³-hybridized carbons (Fsp3) is 0.417. The third-order valence-electron chi connectivity index (χ3n) is 2.75. The maximum atomic E-state index is 13.3. The van der Waals surface area contributed by atoms with E-state index in [0.29, 0.717) is 6.07 Å². The van der Waals surface area contributed by atoms with Crippen LogP contribution in [0.5, 0.6) is 0 Å². The number of rotatable bonds is 3. The van der Waals surface area contributed by atoms with Crippen LogP contribution in [-0.2, 0) is 0 Å². The van der Waals surface area contributed by atoms with Crippen LogP contribution in [0.25, 0.3) is 0 Å². The minimum absolute atomic E-state index is 0.0885. The van der Waals surface area contributed by atoms with E-state index in [2.05, 4.69) is 10.6 Å². The molecule has 0 heterocycles. The number of hydrogen-bond donors (Lipinski definition) is 3. The molecule has 0 aliphatic carbocycles. The van der Waals surface area contributed by atoms with Gasteiger partial charge in [-0.1, -0.05) is 0 Å². The van der Waals surface area contributed by atoms with Gasteiger partial charge in [0.05, 0.1) is 11.2 Å². The molecule has 0 saturated heterocycles. The van der Waals surface area contributed by atoms with Crippen molar-refractivity contribution < 1.29 is 13.6 Å². The molecule has 4 N–H and O–H groups in total. The number of nitrogens with one attached hydrogen (secondary N) is 2. The summed E-state index contributed by atoms with van der Waals surface area (Å²) in [6, 6.07) is 2.05. The van der Waals surface area contributed by atoms with Gasteiger partial charge in [-0.15, -0.1) is 0 Å². The number of hydrogen-bond acceptors (Lipinski definition) is 2. The van der Waals surface area contributed by atoms with Gasteiger partial charge < -0.3 is 16.4 Å². The van der Waals surface area contributed by atoms with Crippen LogP contribution in [0.3, 0.4) is 0 Å². The maximum Gasteiger partial charge on any atom is 0.319 e. The molecule has 0 fully saturated rings. The lowest BCUT2D eigenvalue weighted by molar-refractivity contribution is 0.236. The van der Waals surface area contributed by atoms with Crippen molar-refractivity contribution in [3.05, 3.63) is 29.8 Å². The molecule has 0 aliphatic heterocycles. The Morgan fingerprint density at radius 3 is 2.50 bits per heavy atom. The maximum absolute atomic E-state index is 13.3. The highest BCUT2D eigenvalue weighted by molar-refractivity contribution is 5.89. The lowest BCUT2D eigenvalue weighted by Gasteiger charge is -2.30. The average molecular weight is 257 g/mol. The van der Waals surface area contributed by atoms with Crippen LogP contribution >= 0.6 is 0 Å². The van der Waals surface area contributed by atoms with Crippen molar-refractivity contribution in [2.75, 3.05) is 5.32 Å². The predicted octanol–water partition coefficient (Wildman–Crippen LogP) is 2.21. The van der Waals surface area contributed by atoms with Crippen LogP contribution < -0.4 is 16.4 Å². The van der Waals surface area contributed by atoms with Gasteiger partial charge in [-0.2, -0.15) is 0 Å². The van der Waals surface area contributed by atoms with Crippen LogP contribution in [0.1, 0.15) is 20.8 Å². The van der Waals surface area contributed by atoms with Gasteiger partial charge in [0.2, 0.25) is 0 Å². The lowest BCUT2D eigenvalue weighted by atomic mass is 9.97. The van der Waals surface area contributed by atoms with Crippen molar-refractivity contribution in [1.82, 2.24) is 5.32 Å². The second kappa shape index (κ2) is 5.30. The van der Waals surface area contributed by atoms with Gasteiger partial charge in [-0.05, 0) is 32.9 Å². The van der Waals surface area contributed by atoms with E-state index in [1.54, 1.807) is 20.8 Å². The Balaban J connectivity index is 2.71. The molecule has 0 saturated carbocycles. The predicted molar refractivity (Wildman–Crippen MR) is 66.2 cm³/mol. The molecule has 0 aliphatic rings. The summed E-state index contributed by atoms with van der Waals surface area (Å²) >= 11 is 0. The van der Waals surface area contributed by atoms with Crippen molar-refractivity contribution in [1.29, 1.82) is 0 Å². The van der Waals surface area contributed by atoms with E-state index in [-0.39, 0.29) is 11.7 Å². The highest BCUT2D eigenvalue weighted by atomic mass is 19.1. The Morgan fingerprint density at radius 1 is 1.39 bits per heavy atom. The van der Waals surface area contributed by atoms with Crippen molar-refractivity contribution in [2.45, 2.75) is 32.4 Å². The first-order valence-electron chi connectivity index (χ1n) is 5.52. The summed E-state index contributed by atoms with van der Waals surface area (Å²) in [5.74, 6) is -1.53. The van der Waals surface area contributed by atoms with Crippen LogP contribution in [0.15, 0.2) is 18.2 Å². The minimum atomic E-state index is -0.830. The summed E-state index contributed by atoms with van der Waals surface area (Å²) < 4.78 is 26.0. The largest absolute Gasteiger partial charge is 0.331 e. The van der Waals surface area contributed by atoms with Gasteiger partial charge in [-0.25, -0.2) is 13.6 Å². The molecule has 18 heavy (non-hydrogen) atoms. The quantitative estimate of drug-likeness (QED) is 0.777. The van der Waals surface area contributed by atoms with E-state index in [0.717, 1.165) is 12.1 Å². The van der Waals surface area contributed by atoms with Gasteiger partial charge in [-0.3, -0.25) is 0 Å². The normalized spacial score (nSPS) is 13.0. The first kappa shape index (κ1) is 14.4. The Morgan fingerprint density at radius 2 is 2.00 bits per heavy atom. The number of amides is 2. The molecule has 1 rings (SSSR count). The lowest BCUT2D eigenvalue weighted by Crippen LogP contribution is -2.55. The van der Waals surface area contributed by atoms with E-state index < -0.39 is 23.2 Å². The molecular formula is C12H17F2N3O. The monoisotopic (exact) mass is 257 g/mol. The smallest absolute Gasteiger partial charge is 0.319 e. The Labute approximate surface area is 105 Å². The molecular weight excluding hydrogens is 240 g/mol. The van der Waals surface area contributed by atoms with Gasteiger partial charge in [0.25, 0.3) is 0 Å². The fourth-order valence-electron chi connectivity index (χ4n) is 1.15. The summed E-state index contributed by atoms with van der Waals surface area (Å²) in [5.41, 5.74) is 4.97. The molecule has 1 atom stereocenters. The highest BCUT2D eigenvalue weighted by Gasteiger charge is 2.25. The van der Waals surface area contributed by atoms with Gasteiger partial charge in [0.1, 0.15) is 11.6 Å². The standard InChI is InChI=1S/C12H17F2N3O/c1-7(15)12(2,3)17-11(18)16-10-5-4-8(13)6-9(10)14/h4-7H,15H2,1-3H3,(H2,16,17,18). The first-order chi connectivity index (χ1) is 8.22. The van der Waals surface area contributed by atoms with E-state index in [9.17, 15) is 13.6 Å². The highest BCUT2D eigenvalue weighted by Crippen LogP contribution is 2.15. The fourth-order valence-corrected chi connectivity index (χ4v) is 1.15. The molecule has 100 valence electrons. The molecule has 0 aromatic heterocycles. The van der Waals surface area contributed by atoms with E-state index in [4.69, 9.17) is 5.73 Å². The van der Waals surface area contributed by atoms with Crippen molar-refractivity contribution in [2.24, 2.45) is 5.73 Å². The zero-order valence-corrected chi connectivity index (χ0v) is 10.6. The summed E-state index contributed by atoms with van der Waals surface area (Å²) in [7, 11) is 0. The number of benzene rings is 1. The Kier molecular flexibility index (Phi) is 4.24. The van der Waals surface area contributed by atoms with Crippen LogP contribution in [-0.4, -0.2) is 17.6 Å². The molecule has 6 heteroatoms. The summed E-state index contributed by atoms with van der Waals surface area (Å²) in [5, 5.41) is 4.91. The minimum Gasteiger partial charge on any atom is -0.331 e. The molecule has 1 aromatic carbocycles. The molecule has 2 amide bonds.